The van der Waals surface area contributed by atoms with Crippen molar-refractivity contribution in [2.75, 3.05) is 7.05 Å². The molecule has 1 aliphatic carbocycles. The maximum absolute atomic E-state index is 13.7. The lowest BCUT2D eigenvalue weighted by Crippen LogP contribution is -2.36. The van der Waals surface area contributed by atoms with Gasteiger partial charge in [-0.2, -0.15) is 0 Å². The highest BCUT2D eigenvalue weighted by molar-refractivity contribution is 7.94. The third-order valence-electron chi connectivity index (χ3n) is 4.96. The maximum Gasteiger partial charge on any atom is 0.0916 e. The summed E-state index contributed by atoms with van der Waals surface area (Å²) < 4.78 is 18.0. The van der Waals surface area contributed by atoms with Crippen molar-refractivity contribution in [2.45, 2.75) is 62.2 Å². The molecule has 0 amide bonds. The Kier molecular flexibility index (Phi) is 7.05. The predicted molar refractivity (Wildman–Crippen MR) is 102 cm³/mol. The predicted octanol–water partition coefficient (Wildman–Crippen LogP) is 4.67. The van der Waals surface area contributed by atoms with E-state index in [4.69, 9.17) is 0 Å². The first-order chi connectivity index (χ1) is 11.5. The van der Waals surface area contributed by atoms with E-state index in [1.807, 2.05) is 50.3 Å². The molecule has 2 rings (SSSR count). The summed E-state index contributed by atoms with van der Waals surface area (Å²) in [6.45, 7) is 3.93. The smallest absolute Gasteiger partial charge is 0.0916 e. The van der Waals surface area contributed by atoms with E-state index in [1.54, 1.807) is 7.05 Å². The van der Waals surface area contributed by atoms with Crippen molar-refractivity contribution in [1.29, 1.82) is 0 Å². The second-order valence-electron chi connectivity index (χ2n) is 7.05. The van der Waals surface area contributed by atoms with Crippen molar-refractivity contribution in [1.82, 2.24) is 0 Å². The molecule has 3 nitrogen and oxygen atoms in total. The lowest BCUT2D eigenvalue weighted by molar-refractivity contribution is 0.131. The molecule has 0 bridgehead atoms. The van der Waals surface area contributed by atoms with E-state index in [1.165, 1.54) is 32.1 Å². The summed E-state index contributed by atoms with van der Waals surface area (Å²) in [4.78, 5) is 0.700. The van der Waals surface area contributed by atoms with Gasteiger partial charge in [0.15, 0.2) is 0 Å². The van der Waals surface area contributed by atoms with E-state index in [2.05, 4.69) is 10.4 Å². The summed E-state index contributed by atoms with van der Waals surface area (Å²) >= 11 is 0. The topological polar surface area (TPSA) is 49.7 Å². The highest BCUT2D eigenvalue weighted by Gasteiger charge is 2.31. The van der Waals surface area contributed by atoms with Crippen LogP contribution in [0.5, 0.6) is 0 Å². The Morgan fingerprint density at radius 1 is 1.17 bits per heavy atom. The van der Waals surface area contributed by atoms with Crippen molar-refractivity contribution >= 4 is 9.73 Å². The number of aliphatic hydroxyl groups is 1. The third-order valence-corrected chi connectivity index (χ3v) is 7.63. The van der Waals surface area contributed by atoms with Gasteiger partial charge in [0.1, 0.15) is 0 Å². The Labute approximate surface area is 147 Å². The molecule has 0 aromatic heterocycles. The van der Waals surface area contributed by atoms with Gasteiger partial charge < -0.3 is 5.11 Å². The molecule has 0 radical (unpaired) electrons. The highest BCUT2D eigenvalue weighted by atomic mass is 32.2. The quantitative estimate of drug-likeness (QED) is 0.759. The van der Waals surface area contributed by atoms with Crippen LogP contribution in [0.15, 0.2) is 51.7 Å². The number of hydrogen-bond acceptors (Lipinski definition) is 3. The average Bonchev–Trinajstić information content (AvgIpc) is 2.62. The number of benzene rings is 1. The molecule has 0 saturated heterocycles. The van der Waals surface area contributed by atoms with E-state index >= 15 is 0 Å². The Bertz CT molecular complexity index is 639. The molecule has 1 aromatic rings. The summed E-state index contributed by atoms with van der Waals surface area (Å²) in [7, 11) is -1.10. The molecule has 1 aliphatic rings. The minimum atomic E-state index is -2.70. The Morgan fingerprint density at radius 2 is 1.79 bits per heavy atom. The molecule has 134 valence electrons. The molecule has 0 spiro atoms. The number of rotatable bonds is 6. The van der Waals surface area contributed by atoms with Gasteiger partial charge in [0.05, 0.1) is 21.1 Å². The van der Waals surface area contributed by atoms with Gasteiger partial charge in [0.2, 0.25) is 0 Å². The van der Waals surface area contributed by atoms with Gasteiger partial charge in [0, 0.05) is 11.9 Å². The molecule has 1 fully saturated rings. The molecule has 1 N–H and O–H groups in total. The van der Waals surface area contributed by atoms with Gasteiger partial charge in [-0.05, 0) is 36.8 Å². The zero-order valence-corrected chi connectivity index (χ0v) is 15.9. The number of hydrogen-bond donors (Lipinski definition) is 1. The van der Waals surface area contributed by atoms with Crippen molar-refractivity contribution in [3.05, 3.63) is 42.5 Å². The summed E-state index contributed by atoms with van der Waals surface area (Å²) in [5, 5.41) is 10.3. The number of allylic oxidation sites excluding steroid dienone is 1. The summed E-state index contributed by atoms with van der Waals surface area (Å²) in [6, 6.07) is 9.37. The molecule has 1 saturated carbocycles. The van der Waals surface area contributed by atoms with Gasteiger partial charge in [-0.15, -0.1) is 0 Å². The summed E-state index contributed by atoms with van der Waals surface area (Å²) in [5.74, 6) is 0.564. The zero-order valence-electron chi connectivity index (χ0n) is 15.1. The van der Waals surface area contributed by atoms with Crippen molar-refractivity contribution < 1.29 is 9.32 Å². The second-order valence-corrected chi connectivity index (χ2v) is 9.56. The van der Waals surface area contributed by atoms with Crippen LogP contribution in [0, 0.1) is 11.8 Å². The average molecular weight is 350 g/mol. The summed E-state index contributed by atoms with van der Waals surface area (Å²) in [6.07, 6.45) is 9.71. The maximum atomic E-state index is 13.7. The molecule has 1 unspecified atom stereocenters. The highest BCUT2D eigenvalue weighted by Crippen LogP contribution is 2.28. The van der Waals surface area contributed by atoms with E-state index in [-0.39, 0.29) is 5.92 Å². The zero-order chi connectivity index (χ0) is 17.6. The molecular formula is C20H31NO2S. The minimum absolute atomic E-state index is 0.0253. The Morgan fingerprint density at radius 3 is 2.33 bits per heavy atom. The van der Waals surface area contributed by atoms with Crippen LogP contribution in [-0.4, -0.2) is 27.7 Å². The lowest BCUT2D eigenvalue weighted by Gasteiger charge is -2.27. The minimum Gasteiger partial charge on any atom is -0.391 e. The fraction of sp³-hybridized carbons (Fsp3) is 0.600. The Hall–Kier alpha value is -1.13. The van der Waals surface area contributed by atoms with E-state index in [9.17, 15) is 9.32 Å². The molecule has 0 heterocycles. The van der Waals surface area contributed by atoms with Gasteiger partial charge in [-0.1, -0.05) is 63.5 Å². The van der Waals surface area contributed by atoms with Gasteiger partial charge in [-0.25, -0.2) is 8.57 Å². The molecule has 4 heteroatoms. The van der Waals surface area contributed by atoms with E-state index in [0.29, 0.717) is 10.8 Å². The van der Waals surface area contributed by atoms with E-state index in [0.717, 1.165) is 0 Å². The number of aliphatic hydroxyl groups excluding tert-OH is 1. The third kappa shape index (κ3) is 4.48. The standard InChI is InChI=1S/C20H31NO2S/c1-16(2)20(22)19(15-14-17-10-6-4-7-11-17)24(23,21-3)18-12-8-5-9-13-18/h5,8-9,12-17,19-20,22H,4,6-7,10-11H2,1-3H3/b15-14+/t19-,20+,24?/m0/s1. The van der Waals surface area contributed by atoms with E-state index < -0.39 is 21.1 Å². The molecule has 3 atom stereocenters. The fourth-order valence-corrected chi connectivity index (χ4v) is 5.69. The van der Waals surface area contributed by atoms with Crippen molar-refractivity contribution in [3.63, 3.8) is 0 Å². The van der Waals surface area contributed by atoms with Crippen LogP contribution in [-0.2, 0) is 9.73 Å². The van der Waals surface area contributed by atoms with Gasteiger partial charge >= 0.3 is 0 Å². The van der Waals surface area contributed by atoms with Gasteiger partial charge in [0.25, 0.3) is 0 Å². The molecule has 0 aliphatic heterocycles. The van der Waals surface area contributed by atoms with Crippen LogP contribution in [0.1, 0.15) is 46.0 Å². The molecular weight excluding hydrogens is 318 g/mol. The van der Waals surface area contributed by atoms with Crippen LogP contribution in [0.4, 0.5) is 0 Å². The monoisotopic (exact) mass is 349 g/mol. The SMILES string of the molecule is CN=S(=O)(c1ccccc1)[C@@H](/C=C/C1CCCCC1)[C@H](O)C(C)C. The van der Waals surface area contributed by atoms with Crippen LogP contribution in [0.3, 0.4) is 0 Å². The Balaban J connectivity index is 2.37. The second kappa shape index (κ2) is 8.82. The first kappa shape index (κ1) is 19.2. The molecule has 1 aromatic carbocycles. The molecule has 24 heavy (non-hydrogen) atoms. The first-order valence-corrected chi connectivity index (χ1v) is 10.6. The fourth-order valence-electron chi connectivity index (χ4n) is 3.38. The number of nitrogens with zero attached hydrogens (tertiary/aromatic N) is 1. The largest absolute Gasteiger partial charge is 0.391 e. The van der Waals surface area contributed by atoms with Crippen LogP contribution < -0.4 is 0 Å². The van der Waals surface area contributed by atoms with Crippen LogP contribution >= 0.6 is 0 Å². The van der Waals surface area contributed by atoms with Gasteiger partial charge in [-0.3, -0.25) is 0 Å². The normalized spacial score (nSPS) is 21.5. The van der Waals surface area contributed by atoms with Crippen LogP contribution in [0.2, 0.25) is 0 Å². The lowest BCUT2D eigenvalue weighted by atomic mass is 9.88. The van der Waals surface area contributed by atoms with Crippen molar-refractivity contribution in [2.24, 2.45) is 16.2 Å². The first-order valence-electron chi connectivity index (χ1n) is 9.04. The van der Waals surface area contributed by atoms with Crippen molar-refractivity contribution in [3.8, 4) is 0 Å². The van der Waals surface area contributed by atoms with Crippen LogP contribution in [0.25, 0.3) is 0 Å². The summed E-state index contributed by atoms with van der Waals surface area (Å²) in [5.41, 5.74) is 0.